The van der Waals surface area contributed by atoms with Crippen LogP contribution in [0.15, 0.2) is 12.1 Å². The van der Waals surface area contributed by atoms with Crippen LogP contribution in [0.3, 0.4) is 0 Å². The summed E-state index contributed by atoms with van der Waals surface area (Å²) in [5.74, 6) is -0.733. The molecule has 21 heavy (non-hydrogen) atoms. The Morgan fingerprint density at radius 1 is 1.38 bits per heavy atom. The average molecular weight is 292 g/mol. The Morgan fingerprint density at radius 2 is 2.05 bits per heavy atom. The molecule has 0 bridgehead atoms. The summed E-state index contributed by atoms with van der Waals surface area (Å²) in [5.41, 5.74) is 1.10. The first-order chi connectivity index (χ1) is 9.76. The number of aromatic carboxylic acids is 1. The number of hydrogen-bond donors (Lipinski definition) is 2. The van der Waals surface area contributed by atoms with Crippen LogP contribution >= 0.6 is 0 Å². The highest BCUT2D eigenvalue weighted by atomic mass is 16.6. The van der Waals surface area contributed by atoms with Gasteiger partial charge in [0.2, 0.25) is 0 Å². The topological polar surface area (TPSA) is 88.5 Å². The molecule has 1 saturated carbocycles. The summed E-state index contributed by atoms with van der Waals surface area (Å²) in [6.45, 7) is 5.68. The Bertz CT molecular complexity index is 559. The van der Waals surface area contributed by atoms with E-state index in [1.807, 2.05) is 0 Å². The van der Waals surface area contributed by atoms with Gasteiger partial charge < -0.3 is 15.2 Å². The van der Waals surface area contributed by atoms with Crippen molar-refractivity contribution in [1.29, 1.82) is 0 Å². The maximum absolute atomic E-state index is 11.7. The zero-order valence-corrected chi connectivity index (χ0v) is 12.5. The summed E-state index contributed by atoms with van der Waals surface area (Å²) in [6.07, 6.45) is 1.52. The van der Waals surface area contributed by atoms with Gasteiger partial charge in [-0.2, -0.15) is 0 Å². The number of ether oxygens (including phenoxy) is 1. The fourth-order valence-corrected chi connectivity index (χ4v) is 1.96. The number of aromatic nitrogens is 1. The van der Waals surface area contributed by atoms with E-state index in [2.05, 4.69) is 10.3 Å². The predicted molar refractivity (Wildman–Crippen MR) is 76.2 cm³/mol. The van der Waals surface area contributed by atoms with Crippen molar-refractivity contribution < 1.29 is 19.4 Å². The molecular formula is C15H20N2O4. The minimum atomic E-state index is -1.04. The van der Waals surface area contributed by atoms with Crippen molar-refractivity contribution in [3.8, 4) is 0 Å². The molecule has 0 atom stereocenters. The minimum Gasteiger partial charge on any atom is -0.477 e. The molecule has 1 aliphatic rings. The minimum absolute atomic E-state index is 0.0397. The molecule has 1 aromatic heterocycles. The highest BCUT2D eigenvalue weighted by Crippen LogP contribution is 2.40. The molecule has 2 rings (SSSR count). The second-order valence-corrected chi connectivity index (χ2v) is 6.18. The number of rotatable bonds is 4. The number of carbonyl (C=O) groups excluding carboxylic acids is 1. The molecule has 1 amide bonds. The van der Waals surface area contributed by atoms with Crippen LogP contribution in [0.25, 0.3) is 0 Å². The van der Waals surface area contributed by atoms with Gasteiger partial charge in [-0.05, 0) is 45.2 Å². The van der Waals surface area contributed by atoms with E-state index < -0.39 is 17.7 Å². The maximum atomic E-state index is 11.7. The van der Waals surface area contributed by atoms with Crippen LogP contribution in [0.2, 0.25) is 0 Å². The molecule has 6 nitrogen and oxygen atoms in total. The van der Waals surface area contributed by atoms with E-state index in [1.165, 1.54) is 6.07 Å². The number of carboxylic acids is 1. The lowest BCUT2D eigenvalue weighted by molar-refractivity contribution is 0.0522. The second kappa shape index (κ2) is 5.71. The third-order valence-electron chi connectivity index (χ3n) is 3.02. The molecular weight excluding hydrogens is 272 g/mol. The van der Waals surface area contributed by atoms with E-state index in [9.17, 15) is 9.59 Å². The normalized spacial score (nSPS) is 14.6. The number of pyridine rings is 1. The molecule has 1 heterocycles. The van der Waals surface area contributed by atoms with Crippen molar-refractivity contribution in [1.82, 2.24) is 10.3 Å². The van der Waals surface area contributed by atoms with Gasteiger partial charge in [-0.15, -0.1) is 0 Å². The molecule has 1 fully saturated rings. The van der Waals surface area contributed by atoms with Gasteiger partial charge in [0.25, 0.3) is 0 Å². The second-order valence-electron chi connectivity index (χ2n) is 6.18. The number of hydrogen-bond acceptors (Lipinski definition) is 4. The SMILES string of the molecule is CC(C)(C)OC(=O)NCc1ccc(C(=O)O)nc1C1CC1. The van der Waals surface area contributed by atoms with Gasteiger partial charge in [-0.3, -0.25) is 0 Å². The van der Waals surface area contributed by atoms with Crippen molar-refractivity contribution in [3.05, 3.63) is 29.1 Å². The van der Waals surface area contributed by atoms with E-state index >= 15 is 0 Å². The highest BCUT2D eigenvalue weighted by molar-refractivity contribution is 5.85. The van der Waals surface area contributed by atoms with E-state index in [0.717, 1.165) is 24.1 Å². The fraction of sp³-hybridized carbons (Fsp3) is 0.533. The summed E-state index contributed by atoms with van der Waals surface area (Å²) in [4.78, 5) is 26.8. The molecule has 0 spiro atoms. The molecule has 6 heteroatoms. The van der Waals surface area contributed by atoms with Gasteiger partial charge >= 0.3 is 12.1 Å². The third-order valence-corrected chi connectivity index (χ3v) is 3.02. The van der Waals surface area contributed by atoms with Crippen LogP contribution in [0.1, 0.15) is 61.3 Å². The summed E-state index contributed by atoms with van der Waals surface area (Å²) in [5, 5.41) is 11.7. The van der Waals surface area contributed by atoms with Crippen molar-refractivity contribution in [2.24, 2.45) is 0 Å². The first-order valence-corrected chi connectivity index (χ1v) is 6.96. The number of nitrogens with one attached hydrogen (secondary N) is 1. The van der Waals surface area contributed by atoms with E-state index in [1.54, 1.807) is 26.8 Å². The first-order valence-electron chi connectivity index (χ1n) is 6.96. The predicted octanol–water partition coefficient (Wildman–Crippen LogP) is 2.68. The van der Waals surface area contributed by atoms with Crippen LogP contribution in [0, 0.1) is 0 Å². The number of carboxylic acid groups (broad SMARTS) is 1. The number of carbonyl (C=O) groups is 2. The molecule has 1 aromatic rings. The molecule has 1 aliphatic carbocycles. The Balaban J connectivity index is 2.06. The zero-order valence-electron chi connectivity index (χ0n) is 12.5. The van der Waals surface area contributed by atoms with Crippen LogP contribution in [-0.2, 0) is 11.3 Å². The Labute approximate surface area is 123 Å². The largest absolute Gasteiger partial charge is 0.477 e. The highest BCUT2D eigenvalue weighted by Gasteiger charge is 2.28. The van der Waals surface area contributed by atoms with Crippen molar-refractivity contribution in [2.45, 2.75) is 51.7 Å². The monoisotopic (exact) mass is 292 g/mol. The van der Waals surface area contributed by atoms with E-state index in [0.29, 0.717) is 5.92 Å². The van der Waals surface area contributed by atoms with E-state index in [4.69, 9.17) is 9.84 Å². The standard InChI is InChI=1S/C15H20N2O4/c1-15(2,3)21-14(20)16-8-10-6-7-11(13(18)19)17-12(10)9-4-5-9/h6-7,9H,4-5,8H2,1-3H3,(H,16,20)(H,18,19). The lowest BCUT2D eigenvalue weighted by atomic mass is 10.1. The van der Waals surface area contributed by atoms with Gasteiger partial charge in [-0.1, -0.05) is 6.07 Å². The molecule has 0 radical (unpaired) electrons. The lowest BCUT2D eigenvalue weighted by Gasteiger charge is -2.20. The number of alkyl carbamates (subject to hydrolysis) is 1. The molecule has 0 aliphatic heterocycles. The van der Waals surface area contributed by atoms with Gasteiger partial charge in [0.05, 0.1) is 0 Å². The van der Waals surface area contributed by atoms with Crippen molar-refractivity contribution >= 4 is 12.1 Å². The molecule has 0 aromatic carbocycles. The molecule has 0 saturated heterocycles. The summed E-state index contributed by atoms with van der Waals surface area (Å²) >= 11 is 0. The van der Waals surface area contributed by atoms with Crippen LogP contribution in [0.4, 0.5) is 4.79 Å². The zero-order chi connectivity index (χ0) is 15.6. The Kier molecular flexibility index (Phi) is 4.16. The van der Waals surface area contributed by atoms with Gasteiger partial charge in [-0.25, -0.2) is 14.6 Å². The number of nitrogens with zero attached hydrogens (tertiary/aromatic N) is 1. The van der Waals surface area contributed by atoms with Gasteiger partial charge in [0, 0.05) is 18.2 Å². The van der Waals surface area contributed by atoms with Crippen molar-refractivity contribution in [3.63, 3.8) is 0 Å². The van der Waals surface area contributed by atoms with Crippen molar-refractivity contribution in [2.75, 3.05) is 0 Å². The Hall–Kier alpha value is -2.11. The fourth-order valence-electron chi connectivity index (χ4n) is 1.96. The van der Waals surface area contributed by atoms with E-state index in [-0.39, 0.29) is 12.2 Å². The van der Waals surface area contributed by atoms with Gasteiger partial charge in [0.15, 0.2) is 0 Å². The smallest absolute Gasteiger partial charge is 0.407 e. The molecule has 0 unspecified atom stereocenters. The molecule has 2 N–H and O–H groups in total. The first kappa shape index (κ1) is 15.3. The summed E-state index contributed by atoms with van der Waals surface area (Å²) in [6, 6.07) is 3.17. The summed E-state index contributed by atoms with van der Waals surface area (Å²) < 4.78 is 5.17. The molecule has 114 valence electrons. The maximum Gasteiger partial charge on any atom is 0.407 e. The van der Waals surface area contributed by atoms with Crippen LogP contribution in [-0.4, -0.2) is 27.8 Å². The third kappa shape index (κ3) is 4.44. The average Bonchev–Trinajstić information content (AvgIpc) is 3.18. The quantitative estimate of drug-likeness (QED) is 0.890. The number of amides is 1. The lowest BCUT2D eigenvalue weighted by Crippen LogP contribution is -2.32. The van der Waals surface area contributed by atoms with Gasteiger partial charge in [0.1, 0.15) is 11.3 Å². The summed E-state index contributed by atoms with van der Waals surface area (Å²) in [7, 11) is 0. The van der Waals surface area contributed by atoms with Crippen LogP contribution < -0.4 is 5.32 Å². The Morgan fingerprint density at radius 3 is 2.57 bits per heavy atom. The van der Waals surface area contributed by atoms with Crippen LogP contribution in [0.5, 0.6) is 0 Å².